The number of nitrogens with one attached hydrogen (secondary N) is 1. The van der Waals surface area contributed by atoms with Crippen molar-refractivity contribution < 1.29 is 0 Å². The van der Waals surface area contributed by atoms with Crippen LogP contribution in [0.25, 0.3) is 11.4 Å². The first kappa shape index (κ1) is 13.8. The smallest absolute Gasteiger partial charge is 0.163 e. The van der Waals surface area contributed by atoms with Crippen LogP contribution in [0.4, 0.5) is 5.82 Å². The van der Waals surface area contributed by atoms with Gasteiger partial charge in [-0.2, -0.15) is 5.10 Å². The number of aryl methyl sites for hydroxylation is 2. The molecule has 1 N–H and O–H groups in total. The number of hydrogen-bond donors (Lipinski definition) is 1. The summed E-state index contributed by atoms with van der Waals surface area (Å²) in [6, 6.07) is 6.12. The van der Waals surface area contributed by atoms with Crippen LogP contribution >= 0.6 is 0 Å². The zero-order valence-corrected chi connectivity index (χ0v) is 12.8. The predicted molar refractivity (Wildman–Crippen MR) is 85.8 cm³/mol. The van der Waals surface area contributed by atoms with Crippen LogP contribution in [-0.2, 0) is 13.0 Å². The highest BCUT2D eigenvalue weighted by molar-refractivity contribution is 5.56. The average Bonchev–Trinajstić information content (AvgIpc) is 3.03. The topological polar surface area (TPSA) is 81.4 Å². The van der Waals surface area contributed by atoms with Gasteiger partial charge in [0.1, 0.15) is 18.0 Å². The van der Waals surface area contributed by atoms with Crippen LogP contribution in [0.2, 0.25) is 0 Å². The lowest BCUT2D eigenvalue weighted by atomic mass is 10.1. The highest BCUT2D eigenvalue weighted by atomic mass is 15.3. The van der Waals surface area contributed by atoms with Gasteiger partial charge in [0, 0.05) is 42.2 Å². The predicted octanol–water partition coefficient (Wildman–Crippen LogP) is 1.87. The molecule has 23 heavy (non-hydrogen) atoms. The molecule has 0 aliphatic carbocycles. The lowest BCUT2D eigenvalue weighted by molar-refractivity contribution is 0.440. The SMILES string of the molecule is Cc1cc(NC2CCc3ncnn3C2)nc(-c2cccnc2)n1. The number of anilines is 1. The Labute approximate surface area is 133 Å². The maximum Gasteiger partial charge on any atom is 0.163 e. The van der Waals surface area contributed by atoms with Crippen LogP contribution in [0.5, 0.6) is 0 Å². The number of fused-ring (bicyclic) bond motifs is 1. The number of pyridine rings is 1. The van der Waals surface area contributed by atoms with E-state index in [0.717, 1.165) is 42.3 Å². The second kappa shape index (κ2) is 5.75. The van der Waals surface area contributed by atoms with Gasteiger partial charge < -0.3 is 5.32 Å². The van der Waals surface area contributed by atoms with E-state index in [1.54, 1.807) is 18.7 Å². The lowest BCUT2D eigenvalue weighted by Gasteiger charge is -2.24. The number of nitrogens with zero attached hydrogens (tertiary/aromatic N) is 6. The lowest BCUT2D eigenvalue weighted by Crippen LogP contribution is -2.32. The summed E-state index contributed by atoms with van der Waals surface area (Å²) in [6.45, 7) is 2.78. The first-order chi connectivity index (χ1) is 11.3. The van der Waals surface area contributed by atoms with Crippen LogP contribution in [-0.4, -0.2) is 35.8 Å². The summed E-state index contributed by atoms with van der Waals surface area (Å²) in [5.74, 6) is 2.58. The van der Waals surface area contributed by atoms with E-state index in [4.69, 9.17) is 0 Å². The summed E-state index contributed by atoms with van der Waals surface area (Å²) in [5, 5.41) is 7.76. The minimum absolute atomic E-state index is 0.292. The fraction of sp³-hybridized carbons (Fsp3) is 0.312. The Kier molecular flexibility index (Phi) is 3.45. The van der Waals surface area contributed by atoms with Gasteiger partial charge in [-0.3, -0.25) is 4.98 Å². The molecule has 0 amide bonds. The Morgan fingerprint density at radius 1 is 1.30 bits per heavy atom. The van der Waals surface area contributed by atoms with Crippen LogP contribution in [0.15, 0.2) is 36.9 Å². The van der Waals surface area contributed by atoms with Gasteiger partial charge in [-0.05, 0) is 25.5 Å². The normalized spacial score (nSPS) is 16.8. The van der Waals surface area contributed by atoms with Crippen LogP contribution in [0.3, 0.4) is 0 Å². The summed E-state index contributed by atoms with van der Waals surface area (Å²) in [7, 11) is 0. The van der Waals surface area contributed by atoms with Crippen LogP contribution < -0.4 is 5.32 Å². The molecule has 0 aromatic carbocycles. The molecule has 0 spiro atoms. The molecule has 0 radical (unpaired) electrons. The van der Waals surface area contributed by atoms with Gasteiger partial charge in [0.2, 0.25) is 0 Å². The third kappa shape index (κ3) is 2.90. The van der Waals surface area contributed by atoms with E-state index in [0.29, 0.717) is 11.9 Å². The van der Waals surface area contributed by atoms with Gasteiger partial charge in [0.25, 0.3) is 0 Å². The first-order valence-corrected chi connectivity index (χ1v) is 7.67. The summed E-state index contributed by atoms with van der Waals surface area (Å²) >= 11 is 0. The quantitative estimate of drug-likeness (QED) is 0.795. The number of aromatic nitrogens is 6. The van der Waals surface area contributed by atoms with Crippen LogP contribution in [0.1, 0.15) is 17.9 Å². The summed E-state index contributed by atoms with van der Waals surface area (Å²) in [6.07, 6.45) is 7.09. The molecule has 4 heterocycles. The molecular weight excluding hydrogens is 290 g/mol. The fourth-order valence-corrected chi connectivity index (χ4v) is 2.83. The second-order valence-electron chi connectivity index (χ2n) is 5.70. The van der Waals surface area contributed by atoms with Gasteiger partial charge in [0.15, 0.2) is 5.82 Å². The van der Waals surface area contributed by atoms with E-state index >= 15 is 0 Å². The molecule has 7 heteroatoms. The molecule has 7 nitrogen and oxygen atoms in total. The van der Waals surface area contributed by atoms with E-state index in [2.05, 4.69) is 30.4 Å². The van der Waals surface area contributed by atoms with Gasteiger partial charge >= 0.3 is 0 Å². The van der Waals surface area contributed by atoms with Gasteiger partial charge in [-0.25, -0.2) is 19.6 Å². The highest BCUT2D eigenvalue weighted by Gasteiger charge is 2.20. The molecule has 0 fully saturated rings. The first-order valence-electron chi connectivity index (χ1n) is 7.67. The van der Waals surface area contributed by atoms with Crippen molar-refractivity contribution in [2.75, 3.05) is 5.32 Å². The van der Waals surface area contributed by atoms with E-state index in [9.17, 15) is 0 Å². The molecule has 0 bridgehead atoms. The van der Waals surface area contributed by atoms with E-state index in [1.807, 2.05) is 29.8 Å². The molecule has 3 aromatic rings. The largest absolute Gasteiger partial charge is 0.365 e. The fourth-order valence-electron chi connectivity index (χ4n) is 2.83. The third-order valence-corrected chi connectivity index (χ3v) is 3.93. The van der Waals surface area contributed by atoms with Crippen molar-refractivity contribution in [3.8, 4) is 11.4 Å². The van der Waals surface area contributed by atoms with Crippen molar-refractivity contribution in [2.24, 2.45) is 0 Å². The van der Waals surface area contributed by atoms with E-state index in [1.165, 1.54) is 0 Å². The molecule has 1 aliphatic rings. The Balaban J connectivity index is 1.57. The average molecular weight is 307 g/mol. The standard InChI is InChI=1S/C16H17N7/c1-11-7-14(22-16(20-11)12-3-2-6-17-8-12)21-13-4-5-15-18-10-19-23(15)9-13/h2-3,6-8,10,13H,4-5,9H2,1H3,(H,20,21,22). The molecule has 1 atom stereocenters. The molecule has 116 valence electrons. The molecule has 1 unspecified atom stereocenters. The van der Waals surface area contributed by atoms with E-state index < -0.39 is 0 Å². The Bertz CT molecular complexity index is 812. The maximum absolute atomic E-state index is 4.63. The number of rotatable bonds is 3. The van der Waals surface area contributed by atoms with Crippen molar-refractivity contribution in [1.82, 2.24) is 29.7 Å². The van der Waals surface area contributed by atoms with Crippen molar-refractivity contribution >= 4 is 5.82 Å². The molecule has 4 rings (SSSR count). The highest BCUT2D eigenvalue weighted by Crippen LogP contribution is 2.19. The molecular formula is C16H17N7. The maximum atomic E-state index is 4.63. The summed E-state index contributed by atoms with van der Waals surface area (Å²) < 4.78 is 1.96. The van der Waals surface area contributed by atoms with E-state index in [-0.39, 0.29) is 0 Å². The molecule has 0 saturated carbocycles. The van der Waals surface area contributed by atoms with Crippen molar-refractivity contribution in [3.63, 3.8) is 0 Å². The van der Waals surface area contributed by atoms with Gasteiger partial charge in [0.05, 0.1) is 6.54 Å². The zero-order chi connectivity index (χ0) is 15.6. The molecule has 0 saturated heterocycles. The minimum atomic E-state index is 0.292. The zero-order valence-electron chi connectivity index (χ0n) is 12.8. The Hall–Kier alpha value is -2.83. The Morgan fingerprint density at radius 3 is 3.13 bits per heavy atom. The third-order valence-electron chi connectivity index (χ3n) is 3.93. The summed E-state index contributed by atoms with van der Waals surface area (Å²) in [4.78, 5) is 17.5. The minimum Gasteiger partial charge on any atom is -0.365 e. The second-order valence-corrected chi connectivity index (χ2v) is 5.70. The van der Waals surface area contributed by atoms with Gasteiger partial charge in [-0.15, -0.1) is 0 Å². The van der Waals surface area contributed by atoms with Crippen LogP contribution in [0, 0.1) is 6.92 Å². The number of hydrogen-bond acceptors (Lipinski definition) is 6. The van der Waals surface area contributed by atoms with Crippen molar-refractivity contribution in [3.05, 3.63) is 48.4 Å². The summed E-state index contributed by atoms with van der Waals surface area (Å²) in [5.41, 5.74) is 1.85. The van der Waals surface area contributed by atoms with Gasteiger partial charge in [-0.1, -0.05) is 0 Å². The Morgan fingerprint density at radius 2 is 2.26 bits per heavy atom. The van der Waals surface area contributed by atoms with Crippen molar-refractivity contribution in [1.29, 1.82) is 0 Å². The molecule has 1 aliphatic heterocycles. The molecule has 3 aromatic heterocycles. The van der Waals surface area contributed by atoms with Crippen molar-refractivity contribution in [2.45, 2.75) is 32.4 Å². The monoisotopic (exact) mass is 307 g/mol.